The summed E-state index contributed by atoms with van der Waals surface area (Å²) in [6, 6.07) is 1.36. The van der Waals surface area contributed by atoms with Crippen LogP contribution in [0.4, 0.5) is 20.3 Å². The van der Waals surface area contributed by atoms with Crippen molar-refractivity contribution in [1.29, 1.82) is 0 Å². The Morgan fingerprint density at radius 3 is 2.66 bits per heavy atom. The third kappa shape index (κ3) is 4.14. The summed E-state index contributed by atoms with van der Waals surface area (Å²) in [5, 5.41) is 3.88. The van der Waals surface area contributed by atoms with Crippen molar-refractivity contribution >= 4 is 22.7 Å². The first-order valence-corrected chi connectivity index (χ1v) is 10.7. The smallest absolute Gasteiger partial charge is 0.269 e. The van der Waals surface area contributed by atoms with Crippen molar-refractivity contribution in [3.05, 3.63) is 35.3 Å². The number of alkyl halides is 2. The maximum atomic E-state index is 12.5. The predicted molar refractivity (Wildman–Crippen MR) is 113 cm³/mol. The number of imidazole rings is 1. The Morgan fingerprint density at radius 2 is 1.94 bits per heavy atom. The van der Waals surface area contributed by atoms with Crippen molar-refractivity contribution in [3.63, 3.8) is 0 Å². The lowest BCUT2D eigenvalue weighted by molar-refractivity contribution is 0.0977. The number of fused-ring (bicyclic) bond motifs is 1. The zero-order valence-corrected chi connectivity index (χ0v) is 17.5. The molecule has 2 saturated heterocycles. The highest BCUT2D eigenvalue weighted by molar-refractivity contribution is 5.83. The minimum atomic E-state index is -2.62. The molecule has 0 aliphatic carbocycles. The van der Waals surface area contributed by atoms with Gasteiger partial charge in [-0.25, -0.2) is 28.4 Å². The first-order valence-electron chi connectivity index (χ1n) is 10.7. The second-order valence-electron chi connectivity index (χ2n) is 8.00. The Labute approximate surface area is 182 Å². The fourth-order valence-electron chi connectivity index (χ4n) is 4.28. The van der Waals surface area contributed by atoms with Gasteiger partial charge in [0.25, 0.3) is 12.0 Å². The Morgan fingerprint density at radius 1 is 1.12 bits per heavy atom. The van der Waals surface area contributed by atoms with Gasteiger partial charge in [-0.3, -0.25) is 4.79 Å². The number of rotatable bonds is 6. The van der Waals surface area contributed by atoms with Crippen LogP contribution in [0.15, 0.2) is 29.7 Å². The number of nitrogens with zero attached hydrogens (tertiary/aromatic N) is 8. The van der Waals surface area contributed by atoms with Gasteiger partial charge in [0.2, 0.25) is 0 Å². The Balaban J connectivity index is 1.28. The molecule has 0 saturated carbocycles. The Bertz CT molecular complexity index is 1140. The summed E-state index contributed by atoms with van der Waals surface area (Å²) in [4.78, 5) is 29.7. The average molecular weight is 446 g/mol. The number of hydrogen-bond acceptors (Lipinski definition) is 8. The molecular formula is C20H24F2N8O2. The molecule has 12 heteroatoms. The number of hydrogen-bond donors (Lipinski definition) is 0. The van der Waals surface area contributed by atoms with Crippen LogP contribution in [0.1, 0.15) is 12.8 Å². The van der Waals surface area contributed by atoms with Gasteiger partial charge in [-0.15, -0.1) is 0 Å². The van der Waals surface area contributed by atoms with Gasteiger partial charge in [-0.2, -0.15) is 5.10 Å². The van der Waals surface area contributed by atoms with Gasteiger partial charge in [0, 0.05) is 38.9 Å². The van der Waals surface area contributed by atoms with Crippen molar-refractivity contribution in [2.24, 2.45) is 0 Å². The van der Waals surface area contributed by atoms with Crippen molar-refractivity contribution < 1.29 is 13.5 Å². The average Bonchev–Trinajstić information content (AvgIpc) is 3.46. The molecule has 32 heavy (non-hydrogen) atoms. The zero-order chi connectivity index (χ0) is 22.1. The summed E-state index contributed by atoms with van der Waals surface area (Å²) < 4.78 is 33.6. The molecular weight excluding hydrogens is 422 g/mol. The molecule has 5 rings (SSSR count). The fourth-order valence-corrected chi connectivity index (χ4v) is 4.28. The van der Waals surface area contributed by atoms with E-state index in [2.05, 4.69) is 25.0 Å². The second-order valence-corrected chi connectivity index (χ2v) is 8.00. The third-order valence-corrected chi connectivity index (χ3v) is 5.92. The van der Waals surface area contributed by atoms with E-state index in [1.54, 1.807) is 12.7 Å². The van der Waals surface area contributed by atoms with Gasteiger partial charge in [0.05, 0.1) is 30.9 Å². The highest BCUT2D eigenvalue weighted by atomic mass is 19.3. The standard InChI is InChI=1S/C20H24F2N8O2/c21-16(22)11-30-17(31)8-14(9-26-30)27-3-5-28(6-4-27)19-18-20(24-12-23-19)29(13-25-18)10-15-2-1-7-32-15/h8-9,12-13,15-16H,1-7,10-11H2. The lowest BCUT2D eigenvalue weighted by atomic mass is 10.2. The van der Waals surface area contributed by atoms with E-state index < -0.39 is 18.5 Å². The third-order valence-electron chi connectivity index (χ3n) is 5.92. The first-order chi connectivity index (χ1) is 15.6. The van der Waals surface area contributed by atoms with E-state index in [9.17, 15) is 13.6 Å². The van der Waals surface area contributed by atoms with Crippen LogP contribution in [0, 0.1) is 0 Å². The van der Waals surface area contributed by atoms with Crippen LogP contribution in [0.5, 0.6) is 0 Å². The molecule has 5 heterocycles. The Kier molecular flexibility index (Phi) is 5.68. The van der Waals surface area contributed by atoms with Gasteiger partial charge in [0.15, 0.2) is 17.0 Å². The molecule has 1 atom stereocenters. The van der Waals surface area contributed by atoms with Crippen LogP contribution < -0.4 is 15.4 Å². The van der Waals surface area contributed by atoms with Gasteiger partial charge >= 0.3 is 0 Å². The fraction of sp³-hybridized carbons (Fsp3) is 0.550. The molecule has 2 aliphatic rings. The molecule has 2 fully saturated rings. The normalized spacial score (nSPS) is 19.4. The number of anilines is 2. The molecule has 0 radical (unpaired) electrons. The molecule has 0 aromatic carbocycles. The van der Waals surface area contributed by atoms with Crippen molar-refractivity contribution in [1.82, 2.24) is 29.3 Å². The molecule has 0 amide bonds. The summed E-state index contributed by atoms with van der Waals surface area (Å²) in [5.74, 6) is 0.784. The van der Waals surface area contributed by atoms with Crippen molar-refractivity contribution in [2.45, 2.75) is 38.5 Å². The lowest BCUT2D eigenvalue weighted by Crippen LogP contribution is -2.47. The summed E-state index contributed by atoms with van der Waals surface area (Å²) in [6.07, 6.45) is 4.52. The highest BCUT2D eigenvalue weighted by Crippen LogP contribution is 2.25. The van der Waals surface area contributed by atoms with E-state index in [0.717, 1.165) is 47.7 Å². The minimum absolute atomic E-state index is 0.194. The molecule has 0 spiro atoms. The number of ether oxygens (including phenoxy) is 1. The summed E-state index contributed by atoms with van der Waals surface area (Å²) in [5.41, 5.74) is 1.66. The Hall–Kier alpha value is -3.15. The maximum absolute atomic E-state index is 12.5. The largest absolute Gasteiger partial charge is 0.376 e. The minimum Gasteiger partial charge on any atom is -0.376 e. The van der Waals surface area contributed by atoms with Gasteiger partial charge < -0.3 is 19.1 Å². The predicted octanol–water partition coefficient (Wildman–Crippen LogP) is 1.15. The monoisotopic (exact) mass is 446 g/mol. The quantitative estimate of drug-likeness (QED) is 0.557. The lowest BCUT2D eigenvalue weighted by Gasteiger charge is -2.36. The van der Waals surface area contributed by atoms with E-state index in [1.807, 2.05) is 9.47 Å². The topological polar surface area (TPSA) is 94.2 Å². The second kappa shape index (κ2) is 8.77. The van der Waals surface area contributed by atoms with Gasteiger partial charge in [-0.05, 0) is 12.8 Å². The van der Waals surface area contributed by atoms with E-state index in [1.165, 1.54) is 12.3 Å². The number of aromatic nitrogens is 6. The van der Waals surface area contributed by atoms with Crippen LogP contribution in [-0.2, 0) is 17.8 Å². The van der Waals surface area contributed by atoms with Gasteiger partial charge in [-0.1, -0.05) is 0 Å². The molecule has 3 aromatic heterocycles. The summed E-state index contributed by atoms with van der Waals surface area (Å²) >= 11 is 0. The number of halogens is 2. The van der Waals surface area contributed by atoms with Crippen molar-refractivity contribution in [2.75, 3.05) is 42.6 Å². The first kappa shape index (κ1) is 20.7. The molecule has 10 nitrogen and oxygen atoms in total. The van der Waals surface area contributed by atoms with Crippen LogP contribution >= 0.6 is 0 Å². The van der Waals surface area contributed by atoms with E-state index in [4.69, 9.17) is 4.74 Å². The van der Waals surface area contributed by atoms with E-state index in [0.29, 0.717) is 31.9 Å². The molecule has 3 aromatic rings. The molecule has 0 bridgehead atoms. The molecule has 170 valence electrons. The van der Waals surface area contributed by atoms with E-state index >= 15 is 0 Å². The maximum Gasteiger partial charge on any atom is 0.269 e. The zero-order valence-electron chi connectivity index (χ0n) is 17.5. The summed E-state index contributed by atoms with van der Waals surface area (Å²) in [6.45, 7) is 3.46. The highest BCUT2D eigenvalue weighted by Gasteiger charge is 2.24. The van der Waals surface area contributed by atoms with Crippen LogP contribution in [-0.4, -0.2) is 74.6 Å². The van der Waals surface area contributed by atoms with Crippen molar-refractivity contribution in [3.8, 4) is 0 Å². The SMILES string of the molecule is O=c1cc(N2CCN(c3ncnc4c3ncn4CC3CCCO3)CC2)cnn1CC(F)F. The van der Waals surface area contributed by atoms with Crippen LogP contribution in [0.25, 0.3) is 11.2 Å². The van der Waals surface area contributed by atoms with Crippen LogP contribution in [0.3, 0.4) is 0 Å². The molecule has 2 aliphatic heterocycles. The summed E-state index contributed by atoms with van der Waals surface area (Å²) in [7, 11) is 0. The molecule has 1 unspecified atom stereocenters. The molecule has 0 N–H and O–H groups in total. The van der Waals surface area contributed by atoms with Crippen LogP contribution in [0.2, 0.25) is 0 Å². The van der Waals surface area contributed by atoms with E-state index in [-0.39, 0.29) is 6.10 Å². The van der Waals surface area contributed by atoms with Gasteiger partial charge in [0.1, 0.15) is 12.9 Å². The number of piperazine rings is 1.